The normalized spacial score (nSPS) is 12.4. The highest BCUT2D eigenvalue weighted by molar-refractivity contribution is 9.10. The van der Waals surface area contributed by atoms with E-state index in [2.05, 4.69) is 54.0 Å². The molecule has 0 aliphatic carbocycles. The van der Waals surface area contributed by atoms with Crippen molar-refractivity contribution in [2.24, 2.45) is 18.4 Å². The summed E-state index contributed by atoms with van der Waals surface area (Å²) in [5, 5.41) is 8.00. The molecule has 0 spiro atoms. The summed E-state index contributed by atoms with van der Waals surface area (Å²) in [5.74, 6) is 0.700. The quantitative estimate of drug-likeness (QED) is 0.873. The van der Waals surface area contributed by atoms with Gasteiger partial charge in [0.25, 0.3) is 0 Å². The van der Waals surface area contributed by atoms with Crippen LogP contribution < -0.4 is 5.32 Å². The minimum Gasteiger partial charge on any atom is -0.316 e. The molecule has 0 bridgehead atoms. The zero-order chi connectivity index (χ0) is 13.9. The summed E-state index contributed by atoms with van der Waals surface area (Å²) < 4.78 is 3.14. The Hall–Kier alpha value is -0.350. The second-order valence-corrected chi connectivity index (χ2v) is 7.13. The van der Waals surface area contributed by atoms with Gasteiger partial charge in [-0.3, -0.25) is 4.68 Å². The van der Waals surface area contributed by atoms with Crippen LogP contribution in [0.15, 0.2) is 4.47 Å². The zero-order valence-corrected chi connectivity index (χ0v) is 14.1. The van der Waals surface area contributed by atoms with Gasteiger partial charge in [0, 0.05) is 13.6 Å². The van der Waals surface area contributed by atoms with Gasteiger partial charge in [0.05, 0.1) is 15.9 Å². The molecule has 1 rings (SSSR count). The summed E-state index contributed by atoms with van der Waals surface area (Å²) in [7, 11) is 2.02. The molecule has 18 heavy (non-hydrogen) atoms. The van der Waals surface area contributed by atoms with Crippen LogP contribution in [-0.4, -0.2) is 22.9 Å². The second-order valence-electron chi connectivity index (χ2n) is 6.34. The summed E-state index contributed by atoms with van der Waals surface area (Å²) in [5.41, 5.74) is 2.58. The lowest BCUT2D eigenvalue weighted by Crippen LogP contribution is -2.33. The molecule has 0 aliphatic heterocycles. The van der Waals surface area contributed by atoms with Gasteiger partial charge >= 0.3 is 0 Å². The van der Waals surface area contributed by atoms with Crippen LogP contribution in [0.25, 0.3) is 0 Å². The van der Waals surface area contributed by atoms with E-state index in [1.807, 2.05) is 18.7 Å². The fraction of sp³-hybridized carbons (Fsp3) is 0.786. The van der Waals surface area contributed by atoms with Crippen molar-refractivity contribution >= 4 is 15.9 Å². The van der Waals surface area contributed by atoms with Crippen LogP contribution in [-0.2, 0) is 13.5 Å². The molecule has 1 heterocycles. The molecule has 0 saturated heterocycles. The standard InChI is InChI=1S/C14H26BrN3/c1-10(2)8-16-9-14(4,5)7-12-13(15)11(3)17-18(12)6/h10,16H,7-9H2,1-6H3. The SMILES string of the molecule is Cc1nn(C)c(CC(C)(C)CNCC(C)C)c1Br. The molecular formula is C14H26BrN3. The average molecular weight is 316 g/mol. The van der Waals surface area contributed by atoms with Gasteiger partial charge in [-0.05, 0) is 47.2 Å². The van der Waals surface area contributed by atoms with Crippen molar-refractivity contribution in [3.63, 3.8) is 0 Å². The third-order valence-electron chi connectivity index (χ3n) is 3.06. The van der Waals surface area contributed by atoms with E-state index in [4.69, 9.17) is 0 Å². The first-order chi connectivity index (χ1) is 8.23. The Kier molecular flexibility index (Phi) is 5.41. The Morgan fingerprint density at radius 3 is 2.44 bits per heavy atom. The van der Waals surface area contributed by atoms with E-state index in [-0.39, 0.29) is 5.41 Å². The van der Waals surface area contributed by atoms with E-state index in [1.165, 1.54) is 5.69 Å². The summed E-state index contributed by atoms with van der Waals surface area (Å²) in [4.78, 5) is 0. The first-order valence-corrected chi connectivity index (χ1v) is 7.41. The molecule has 0 radical (unpaired) electrons. The van der Waals surface area contributed by atoms with Crippen LogP contribution in [0.5, 0.6) is 0 Å². The molecule has 3 nitrogen and oxygen atoms in total. The van der Waals surface area contributed by atoms with Crippen LogP contribution in [0, 0.1) is 18.3 Å². The molecule has 1 N–H and O–H groups in total. The van der Waals surface area contributed by atoms with Gasteiger partial charge in [-0.2, -0.15) is 5.10 Å². The van der Waals surface area contributed by atoms with E-state index >= 15 is 0 Å². The van der Waals surface area contributed by atoms with Gasteiger partial charge in [0.1, 0.15) is 0 Å². The van der Waals surface area contributed by atoms with Crippen LogP contribution in [0.3, 0.4) is 0 Å². The van der Waals surface area contributed by atoms with Crippen molar-refractivity contribution in [3.8, 4) is 0 Å². The molecule has 1 aromatic heterocycles. The van der Waals surface area contributed by atoms with E-state index in [9.17, 15) is 0 Å². The molecule has 0 atom stereocenters. The number of rotatable bonds is 6. The predicted octanol–water partition coefficient (Wildman–Crippen LogP) is 3.31. The van der Waals surface area contributed by atoms with Crippen molar-refractivity contribution < 1.29 is 0 Å². The van der Waals surface area contributed by atoms with E-state index in [1.54, 1.807) is 0 Å². The van der Waals surface area contributed by atoms with Crippen LogP contribution in [0.1, 0.15) is 39.1 Å². The van der Waals surface area contributed by atoms with E-state index in [0.29, 0.717) is 5.92 Å². The highest BCUT2D eigenvalue weighted by atomic mass is 79.9. The van der Waals surface area contributed by atoms with Crippen molar-refractivity contribution in [2.45, 2.75) is 41.0 Å². The fourth-order valence-corrected chi connectivity index (χ4v) is 2.56. The summed E-state index contributed by atoms with van der Waals surface area (Å²) in [6.07, 6.45) is 1.02. The molecule has 0 aromatic carbocycles. The third-order valence-corrected chi connectivity index (χ3v) is 4.10. The van der Waals surface area contributed by atoms with Crippen LogP contribution in [0.4, 0.5) is 0 Å². The maximum absolute atomic E-state index is 4.45. The summed E-state index contributed by atoms with van der Waals surface area (Å²) in [6.45, 7) is 13.2. The minimum absolute atomic E-state index is 0.234. The third kappa shape index (κ3) is 4.39. The lowest BCUT2D eigenvalue weighted by atomic mass is 9.87. The second kappa shape index (κ2) is 6.20. The first-order valence-electron chi connectivity index (χ1n) is 6.61. The topological polar surface area (TPSA) is 29.9 Å². The average Bonchev–Trinajstić information content (AvgIpc) is 2.44. The van der Waals surface area contributed by atoms with Crippen molar-refractivity contribution in [1.29, 1.82) is 0 Å². The van der Waals surface area contributed by atoms with Gasteiger partial charge < -0.3 is 5.32 Å². The van der Waals surface area contributed by atoms with Crippen LogP contribution in [0.2, 0.25) is 0 Å². The Bertz CT molecular complexity index is 394. The number of hydrogen-bond donors (Lipinski definition) is 1. The fourth-order valence-electron chi connectivity index (χ4n) is 2.09. The largest absolute Gasteiger partial charge is 0.316 e. The van der Waals surface area contributed by atoms with Crippen molar-refractivity contribution in [3.05, 3.63) is 15.9 Å². The highest BCUT2D eigenvalue weighted by Gasteiger charge is 2.22. The number of nitrogens with one attached hydrogen (secondary N) is 1. The molecule has 0 aliphatic rings. The summed E-state index contributed by atoms with van der Waals surface area (Å²) in [6, 6.07) is 0. The number of aromatic nitrogens is 2. The van der Waals surface area contributed by atoms with Gasteiger partial charge in [-0.25, -0.2) is 0 Å². The number of hydrogen-bond acceptors (Lipinski definition) is 2. The zero-order valence-electron chi connectivity index (χ0n) is 12.5. The molecule has 0 amide bonds. The van der Waals surface area contributed by atoms with Gasteiger partial charge in [-0.15, -0.1) is 0 Å². The molecular weight excluding hydrogens is 290 g/mol. The Morgan fingerprint density at radius 2 is 2.00 bits per heavy atom. The lowest BCUT2D eigenvalue weighted by molar-refractivity contribution is 0.322. The number of aryl methyl sites for hydroxylation is 2. The van der Waals surface area contributed by atoms with Crippen molar-refractivity contribution in [1.82, 2.24) is 15.1 Å². The minimum atomic E-state index is 0.234. The van der Waals surface area contributed by atoms with Crippen LogP contribution >= 0.6 is 15.9 Å². The maximum Gasteiger partial charge on any atom is 0.0738 e. The summed E-state index contributed by atoms with van der Waals surface area (Å²) >= 11 is 3.64. The molecule has 1 aromatic rings. The molecule has 4 heteroatoms. The van der Waals surface area contributed by atoms with E-state index < -0.39 is 0 Å². The Labute approximate surface area is 119 Å². The first kappa shape index (κ1) is 15.7. The molecule has 0 unspecified atom stereocenters. The van der Waals surface area contributed by atoms with E-state index in [0.717, 1.165) is 29.7 Å². The van der Waals surface area contributed by atoms with Gasteiger partial charge in [-0.1, -0.05) is 27.7 Å². The maximum atomic E-state index is 4.45. The van der Waals surface area contributed by atoms with Gasteiger partial charge in [0.2, 0.25) is 0 Å². The molecule has 104 valence electrons. The Morgan fingerprint density at radius 1 is 1.39 bits per heavy atom. The van der Waals surface area contributed by atoms with Crippen molar-refractivity contribution in [2.75, 3.05) is 13.1 Å². The molecule has 0 saturated carbocycles. The van der Waals surface area contributed by atoms with Gasteiger partial charge in [0.15, 0.2) is 0 Å². The predicted molar refractivity (Wildman–Crippen MR) is 80.8 cm³/mol. The molecule has 0 fully saturated rings. The monoisotopic (exact) mass is 315 g/mol. The smallest absolute Gasteiger partial charge is 0.0738 e. The lowest BCUT2D eigenvalue weighted by Gasteiger charge is -2.26. The number of halogens is 1. The Balaban J connectivity index is 2.64. The number of nitrogens with zero attached hydrogens (tertiary/aromatic N) is 2. The highest BCUT2D eigenvalue weighted by Crippen LogP contribution is 2.28.